The number of pyridine rings is 1. The Morgan fingerprint density at radius 3 is 2.67 bits per heavy atom. The summed E-state index contributed by atoms with van der Waals surface area (Å²) in [6, 6.07) is 1.83. The van der Waals surface area contributed by atoms with Crippen LogP contribution in [0.4, 0.5) is 0 Å². The number of aromatic nitrogens is 1. The number of nitrogens with zero attached hydrogens (tertiary/aromatic N) is 1. The van der Waals surface area contributed by atoms with Crippen molar-refractivity contribution in [1.82, 2.24) is 4.98 Å². The van der Waals surface area contributed by atoms with Crippen molar-refractivity contribution in [3.8, 4) is 5.75 Å². The minimum atomic E-state index is -0.660. The van der Waals surface area contributed by atoms with Gasteiger partial charge in [0.15, 0.2) is 0 Å². The van der Waals surface area contributed by atoms with Crippen LogP contribution >= 0.6 is 0 Å². The van der Waals surface area contributed by atoms with E-state index in [9.17, 15) is 5.11 Å². The first-order chi connectivity index (χ1) is 8.72. The topological polar surface area (TPSA) is 51.6 Å². The number of hydrogen-bond donors (Lipinski definition) is 1. The van der Waals surface area contributed by atoms with Crippen molar-refractivity contribution in [3.63, 3.8) is 0 Å². The summed E-state index contributed by atoms with van der Waals surface area (Å²) in [5, 5.41) is 10.2. The maximum absolute atomic E-state index is 10.2. The summed E-state index contributed by atoms with van der Waals surface area (Å²) in [7, 11) is 0. The molecule has 0 aliphatic carbocycles. The molecule has 0 amide bonds. The standard InChI is InChI=1S/C14H23NO3/c1-4-7-18-12-8-11(9-15-10-12)14(16)13(5-2)17-6-3/h8-10,13-14,16H,4-7H2,1-3H3. The fourth-order valence-electron chi connectivity index (χ4n) is 1.76. The highest BCUT2D eigenvalue weighted by atomic mass is 16.5. The van der Waals surface area contributed by atoms with E-state index in [1.54, 1.807) is 12.4 Å². The van der Waals surface area contributed by atoms with E-state index < -0.39 is 6.10 Å². The van der Waals surface area contributed by atoms with Gasteiger partial charge >= 0.3 is 0 Å². The van der Waals surface area contributed by atoms with Crippen LogP contribution in [0, 0.1) is 0 Å². The van der Waals surface area contributed by atoms with Crippen LogP contribution < -0.4 is 4.74 Å². The zero-order valence-corrected chi connectivity index (χ0v) is 11.4. The Morgan fingerprint density at radius 1 is 1.28 bits per heavy atom. The Bertz CT molecular complexity index is 344. The summed E-state index contributed by atoms with van der Waals surface area (Å²) < 4.78 is 11.0. The summed E-state index contributed by atoms with van der Waals surface area (Å²) in [5.41, 5.74) is 0.740. The Balaban J connectivity index is 2.74. The van der Waals surface area contributed by atoms with Gasteiger partial charge in [0.1, 0.15) is 11.9 Å². The first-order valence-electron chi connectivity index (χ1n) is 6.60. The number of aliphatic hydroxyl groups is 1. The summed E-state index contributed by atoms with van der Waals surface area (Å²) in [6.45, 7) is 7.22. The molecule has 0 aromatic carbocycles. The average molecular weight is 253 g/mol. The van der Waals surface area contributed by atoms with Gasteiger partial charge in [0.25, 0.3) is 0 Å². The molecule has 1 aromatic heterocycles. The number of rotatable bonds is 8. The average Bonchev–Trinajstić information content (AvgIpc) is 2.42. The minimum absolute atomic E-state index is 0.196. The molecule has 102 valence electrons. The third-order valence-corrected chi connectivity index (χ3v) is 2.68. The van der Waals surface area contributed by atoms with Crippen molar-refractivity contribution in [3.05, 3.63) is 24.0 Å². The molecule has 1 rings (SSSR count). The first kappa shape index (κ1) is 14.9. The molecule has 18 heavy (non-hydrogen) atoms. The van der Waals surface area contributed by atoms with Crippen LogP contribution in [0.1, 0.15) is 45.3 Å². The van der Waals surface area contributed by atoms with Gasteiger partial charge in [0, 0.05) is 18.4 Å². The Kier molecular flexibility index (Phi) is 6.68. The second-order valence-corrected chi connectivity index (χ2v) is 4.15. The van der Waals surface area contributed by atoms with Crippen LogP contribution in [0.2, 0.25) is 0 Å². The van der Waals surface area contributed by atoms with Gasteiger partial charge < -0.3 is 14.6 Å². The van der Waals surface area contributed by atoms with Crippen molar-refractivity contribution < 1.29 is 14.6 Å². The summed E-state index contributed by atoms with van der Waals surface area (Å²) in [4.78, 5) is 4.09. The van der Waals surface area contributed by atoms with E-state index in [4.69, 9.17) is 9.47 Å². The quantitative estimate of drug-likeness (QED) is 0.774. The molecule has 1 aromatic rings. The molecule has 2 atom stereocenters. The summed E-state index contributed by atoms with van der Waals surface area (Å²) >= 11 is 0. The van der Waals surface area contributed by atoms with Gasteiger partial charge in [-0.25, -0.2) is 0 Å². The highest BCUT2D eigenvalue weighted by Gasteiger charge is 2.20. The Labute approximate surface area is 109 Å². The molecule has 0 saturated heterocycles. The van der Waals surface area contributed by atoms with E-state index in [2.05, 4.69) is 4.98 Å². The second-order valence-electron chi connectivity index (χ2n) is 4.15. The lowest BCUT2D eigenvalue weighted by Crippen LogP contribution is -2.21. The zero-order valence-electron chi connectivity index (χ0n) is 11.4. The normalized spacial score (nSPS) is 14.2. The molecule has 2 unspecified atom stereocenters. The van der Waals surface area contributed by atoms with Gasteiger partial charge in [-0.05, 0) is 25.8 Å². The van der Waals surface area contributed by atoms with Gasteiger partial charge in [-0.1, -0.05) is 13.8 Å². The van der Waals surface area contributed by atoms with Crippen LogP contribution in [-0.2, 0) is 4.74 Å². The molecule has 0 aliphatic rings. The maximum atomic E-state index is 10.2. The molecule has 0 aliphatic heterocycles. The fraction of sp³-hybridized carbons (Fsp3) is 0.643. The molecule has 0 bridgehead atoms. The highest BCUT2D eigenvalue weighted by molar-refractivity contribution is 5.25. The zero-order chi connectivity index (χ0) is 13.4. The van der Waals surface area contributed by atoms with Crippen molar-refractivity contribution in [2.45, 2.75) is 45.8 Å². The smallest absolute Gasteiger partial charge is 0.137 e. The molecule has 0 radical (unpaired) electrons. The molecule has 1 heterocycles. The molecule has 4 heteroatoms. The fourth-order valence-corrected chi connectivity index (χ4v) is 1.76. The van der Waals surface area contributed by atoms with Gasteiger partial charge in [-0.15, -0.1) is 0 Å². The molecule has 4 nitrogen and oxygen atoms in total. The Morgan fingerprint density at radius 2 is 2.06 bits per heavy atom. The SMILES string of the molecule is CCCOc1cncc(C(O)C(CC)OCC)c1. The lowest BCUT2D eigenvalue weighted by molar-refractivity contribution is -0.0357. The number of hydrogen-bond acceptors (Lipinski definition) is 4. The lowest BCUT2D eigenvalue weighted by atomic mass is 10.0. The van der Waals surface area contributed by atoms with E-state index in [1.165, 1.54) is 0 Å². The number of aliphatic hydroxyl groups excluding tert-OH is 1. The number of ether oxygens (including phenoxy) is 2. The third kappa shape index (κ3) is 4.27. The lowest BCUT2D eigenvalue weighted by Gasteiger charge is -2.21. The van der Waals surface area contributed by atoms with E-state index >= 15 is 0 Å². The van der Waals surface area contributed by atoms with Gasteiger partial charge in [0.2, 0.25) is 0 Å². The van der Waals surface area contributed by atoms with Crippen molar-refractivity contribution in [2.75, 3.05) is 13.2 Å². The van der Waals surface area contributed by atoms with Crippen LogP contribution in [0.25, 0.3) is 0 Å². The summed E-state index contributed by atoms with van der Waals surface area (Å²) in [6.07, 6.45) is 4.17. The van der Waals surface area contributed by atoms with E-state index in [1.807, 2.05) is 26.8 Å². The Hall–Kier alpha value is -1.13. The van der Waals surface area contributed by atoms with Crippen LogP contribution in [-0.4, -0.2) is 29.4 Å². The molecule has 0 saturated carbocycles. The second kappa shape index (κ2) is 8.06. The maximum Gasteiger partial charge on any atom is 0.137 e. The molecular weight excluding hydrogens is 230 g/mol. The molecular formula is C14H23NO3. The van der Waals surface area contributed by atoms with Gasteiger partial charge in [-0.3, -0.25) is 4.98 Å². The molecule has 0 spiro atoms. The van der Waals surface area contributed by atoms with Gasteiger partial charge in [0.05, 0.1) is 18.9 Å². The van der Waals surface area contributed by atoms with E-state index in [0.29, 0.717) is 19.0 Å². The van der Waals surface area contributed by atoms with Crippen molar-refractivity contribution in [2.24, 2.45) is 0 Å². The largest absolute Gasteiger partial charge is 0.492 e. The molecule has 1 N–H and O–H groups in total. The third-order valence-electron chi connectivity index (χ3n) is 2.68. The minimum Gasteiger partial charge on any atom is -0.492 e. The monoisotopic (exact) mass is 253 g/mol. The van der Waals surface area contributed by atoms with Gasteiger partial charge in [-0.2, -0.15) is 0 Å². The highest BCUT2D eigenvalue weighted by Crippen LogP contribution is 2.23. The van der Waals surface area contributed by atoms with E-state index in [-0.39, 0.29) is 6.10 Å². The van der Waals surface area contributed by atoms with Crippen molar-refractivity contribution in [1.29, 1.82) is 0 Å². The van der Waals surface area contributed by atoms with Crippen LogP contribution in [0.3, 0.4) is 0 Å². The first-order valence-corrected chi connectivity index (χ1v) is 6.60. The van der Waals surface area contributed by atoms with Crippen LogP contribution in [0.5, 0.6) is 5.75 Å². The van der Waals surface area contributed by atoms with E-state index in [0.717, 1.165) is 18.4 Å². The summed E-state index contributed by atoms with van der Waals surface area (Å²) in [5.74, 6) is 0.694. The predicted octanol–water partition coefficient (Wildman–Crippen LogP) is 2.72. The molecule has 0 fully saturated rings. The van der Waals surface area contributed by atoms with Crippen molar-refractivity contribution >= 4 is 0 Å². The predicted molar refractivity (Wildman–Crippen MR) is 70.7 cm³/mol. The van der Waals surface area contributed by atoms with Crippen LogP contribution in [0.15, 0.2) is 18.5 Å².